The van der Waals surface area contributed by atoms with Crippen molar-refractivity contribution in [3.05, 3.63) is 0 Å². The molecule has 4 aliphatic rings. The van der Waals surface area contributed by atoms with Gasteiger partial charge < -0.3 is 14.4 Å². The van der Waals surface area contributed by atoms with Crippen LogP contribution in [-0.2, 0) is 9.31 Å². The fraction of sp³-hybridized carbons (Fsp3) is 1.00. The molecular weight excluding hydrogens is 203 g/mol. The Morgan fingerprint density at radius 3 is 1.81 bits per heavy atom. The molecule has 1 heterocycles. The predicted octanol–water partition coefficient (Wildman–Crippen LogP) is 2.00. The van der Waals surface area contributed by atoms with Crippen LogP contribution in [0.4, 0.5) is 0 Å². The summed E-state index contributed by atoms with van der Waals surface area (Å²) in [6.45, 7) is 8.72. The Bertz CT molecular complexity index is 301. The molecule has 0 spiro atoms. The largest absolute Gasteiger partial charge is 0.464 e. The van der Waals surface area contributed by atoms with E-state index in [1.165, 1.54) is 0 Å². The van der Waals surface area contributed by atoms with Gasteiger partial charge in [-0.05, 0) is 52.4 Å². The van der Waals surface area contributed by atoms with Crippen LogP contribution in [-0.4, -0.2) is 30.0 Å². The zero-order valence-electron chi connectivity index (χ0n) is 10.7. The van der Waals surface area contributed by atoms with Gasteiger partial charge in [-0.2, -0.15) is 0 Å². The quantitative estimate of drug-likeness (QED) is 0.729. The van der Waals surface area contributed by atoms with Crippen LogP contribution in [0.3, 0.4) is 0 Å². The van der Waals surface area contributed by atoms with E-state index in [1.807, 2.05) is 0 Å². The van der Waals surface area contributed by atoms with Gasteiger partial charge in [0.2, 0.25) is 0 Å². The topological polar surface area (TPSA) is 38.7 Å². The first-order valence-electron chi connectivity index (χ1n) is 6.21. The van der Waals surface area contributed by atoms with Crippen LogP contribution in [0.15, 0.2) is 0 Å². The SMILES string of the molecule is CC1(C)OB(C23CC(CO)(C2)C3)OC1(C)C. The monoisotopic (exact) mass is 224 g/mol. The van der Waals surface area contributed by atoms with E-state index in [0.29, 0.717) is 6.61 Å². The van der Waals surface area contributed by atoms with Gasteiger partial charge in [0, 0.05) is 11.9 Å². The summed E-state index contributed by atoms with van der Waals surface area (Å²) in [7, 11) is -0.0640. The second-order valence-electron chi connectivity index (χ2n) is 7.14. The highest BCUT2D eigenvalue weighted by Crippen LogP contribution is 2.80. The van der Waals surface area contributed by atoms with Gasteiger partial charge in [0.25, 0.3) is 0 Å². The average Bonchev–Trinajstić information content (AvgIpc) is 2.16. The lowest BCUT2D eigenvalue weighted by molar-refractivity contribution is -0.140. The minimum atomic E-state index is -0.223. The second-order valence-corrected chi connectivity index (χ2v) is 7.14. The summed E-state index contributed by atoms with van der Waals surface area (Å²) in [5.74, 6) is 0. The van der Waals surface area contributed by atoms with E-state index in [-0.39, 0.29) is 29.0 Å². The molecule has 0 aromatic heterocycles. The van der Waals surface area contributed by atoms with Crippen LogP contribution in [0.2, 0.25) is 5.31 Å². The number of aliphatic hydroxyl groups is 1. The predicted molar refractivity (Wildman–Crippen MR) is 62.1 cm³/mol. The Kier molecular flexibility index (Phi) is 1.85. The van der Waals surface area contributed by atoms with Crippen LogP contribution in [0, 0.1) is 5.41 Å². The normalized spacial score (nSPS) is 47.4. The van der Waals surface area contributed by atoms with E-state index < -0.39 is 0 Å². The van der Waals surface area contributed by atoms with Crippen molar-refractivity contribution in [2.24, 2.45) is 5.41 Å². The number of hydrogen-bond acceptors (Lipinski definition) is 3. The third-order valence-electron chi connectivity index (χ3n) is 5.27. The number of rotatable bonds is 2. The van der Waals surface area contributed by atoms with Crippen molar-refractivity contribution < 1.29 is 14.4 Å². The third kappa shape index (κ3) is 1.11. The smallest absolute Gasteiger partial charge is 0.403 e. The number of hydrogen-bond donors (Lipinski definition) is 1. The van der Waals surface area contributed by atoms with Gasteiger partial charge >= 0.3 is 7.12 Å². The zero-order chi connectivity index (χ0) is 11.8. The highest BCUT2D eigenvalue weighted by atomic mass is 16.7. The fourth-order valence-electron chi connectivity index (χ4n) is 3.60. The summed E-state index contributed by atoms with van der Waals surface area (Å²) < 4.78 is 12.2. The van der Waals surface area contributed by atoms with Crippen molar-refractivity contribution in [1.29, 1.82) is 0 Å². The first-order valence-corrected chi connectivity index (χ1v) is 6.21. The van der Waals surface area contributed by atoms with Crippen molar-refractivity contribution >= 4 is 7.12 Å². The van der Waals surface area contributed by atoms with Crippen LogP contribution in [0.5, 0.6) is 0 Å². The van der Waals surface area contributed by atoms with E-state index >= 15 is 0 Å². The molecule has 0 unspecified atom stereocenters. The summed E-state index contributed by atoms with van der Waals surface area (Å²) in [5, 5.41) is 9.48. The first-order chi connectivity index (χ1) is 7.24. The van der Waals surface area contributed by atoms with Gasteiger partial charge in [-0.3, -0.25) is 0 Å². The molecule has 1 N–H and O–H groups in total. The molecule has 4 heteroatoms. The molecular formula is C12H21BO3. The van der Waals surface area contributed by atoms with Crippen molar-refractivity contribution in [1.82, 2.24) is 0 Å². The van der Waals surface area contributed by atoms with E-state index in [9.17, 15) is 5.11 Å². The molecule has 2 bridgehead atoms. The first kappa shape index (κ1) is 11.1. The minimum absolute atomic E-state index is 0.0640. The van der Waals surface area contributed by atoms with Gasteiger partial charge in [-0.15, -0.1) is 0 Å². The van der Waals surface area contributed by atoms with Gasteiger partial charge in [-0.1, -0.05) is 0 Å². The third-order valence-corrected chi connectivity index (χ3v) is 5.27. The molecule has 1 saturated heterocycles. The van der Waals surface area contributed by atoms with Crippen LogP contribution >= 0.6 is 0 Å². The molecule has 3 nitrogen and oxygen atoms in total. The summed E-state index contributed by atoms with van der Waals surface area (Å²) in [6.07, 6.45) is 3.23. The number of aliphatic hydroxyl groups excluding tert-OH is 1. The van der Waals surface area contributed by atoms with Gasteiger partial charge in [0.05, 0.1) is 11.2 Å². The lowest BCUT2D eigenvalue weighted by Gasteiger charge is -2.70. The maximum absolute atomic E-state index is 9.26. The molecule has 1 aliphatic heterocycles. The van der Waals surface area contributed by atoms with Crippen molar-refractivity contribution in [2.45, 2.75) is 63.5 Å². The Hall–Kier alpha value is -0.0551. The van der Waals surface area contributed by atoms with Crippen LogP contribution < -0.4 is 0 Å². The molecule has 0 amide bonds. The zero-order valence-corrected chi connectivity index (χ0v) is 10.7. The fourth-order valence-corrected chi connectivity index (χ4v) is 3.60. The average molecular weight is 224 g/mol. The Labute approximate surface area is 97.7 Å². The minimum Gasteiger partial charge on any atom is -0.403 e. The highest BCUT2D eigenvalue weighted by molar-refractivity contribution is 6.51. The van der Waals surface area contributed by atoms with Gasteiger partial charge in [0.1, 0.15) is 0 Å². The second kappa shape index (κ2) is 2.68. The van der Waals surface area contributed by atoms with Gasteiger partial charge in [-0.25, -0.2) is 0 Å². The molecule has 3 saturated carbocycles. The summed E-state index contributed by atoms with van der Waals surface area (Å²) >= 11 is 0. The molecule has 4 rings (SSSR count). The lowest BCUT2D eigenvalue weighted by Crippen LogP contribution is -2.65. The van der Waals surface area contributed by atoms with E-state index in [4.69, 9.17) is 9.31 Å². The maximum Gasteiger partial charge on any atom is 0.464 e. The molecule has 0 aromatic carbocycles. The molecule has 16 heavy (non-hydrogen) atoms. The Balaban J connectivity index is 1.73. The summed E-state index contributed by atoms with van der Waals surface area (Å²) in [4.78, 5) is 0. The lowest BCUT2D eigenvalue weighted by atomic mass is 9.24. The highest BCUT2D eigenvalue weighted by Gasteiger charge is 2.76. The van der Waals surface area contributed by atoms with Crippen molar-refractivity contribution in [2.75, 3.05) is 6.61 Å². The molecule has 4 fully saturated rings. The molecule has 0 aromatic rings. The van der Waals surface area contributed by atoms with Gasteiger partial charge in [0.15, 0.2) is 0 Å². The Morgan fingerprint density at radius 1 is 1.00 bits per heavy atom. The standard InChI is InChI=1S/C12H21BO3/c1-9(2)10(3,4)16-13(15-9)12-5-11(6-12,7-12)8-14/h14H,5-8H2,1-4H3. The van der Waals surface area contributed by atoms with E-state index in [0.717, 1.165) is 19.3 Å². The summed E-state index contributed by atoms with van der Waals surface area (Å²) in [5.41, 5.74) is -0.220. The molecule has 0 radical (unpaired) electrons. The molecule has 3 aliphatic carbocycles. The molecule has 0 atom stereocenters. The maximum atomic E-state index is 9.26. The van der Waals surface area contributed by atoms with Crippen molar-refractivity contribution in [3.8, 4) is 0 Å². The Morgan fingerprint density at radius 2 is 1.44 bits per heavy atom. The summed E-state index contributed by atoms with van der Waals surface area (Å²) in [6, 6.07) is 0. The van der Waals surface area contributed by atoms with Crippen LogP contribution in [0.1, 0.15) is 47.0 Å². The van der Waals surface area contributed by atoms with Crippen molar-refractivity contribution in [3.63, 3.8) is 0 Å². The van der Waals surface area contributed by atoms with E-state index in [1.54, 1.807) is 0 Å². The molecule has 90 valence electrons. The van der Waals surface area contributed by atoms with E-state index in [2.05, 4.69) is 27.7 Å². The van der Waals surface area contributed by atoms with Crippen LogP contribution in [0.25, 0.3) is 0 Å².